The van der Waals surface area contributed by atoms with Crippen molar-refractivity contribution in [1.29, 1.82) is 0 Å². The number of aliphatic imine (C=N–C) groups is 2. The Morgan fingerprint density at radius 2 is 1.22 bits per heavy atom. The van der Waals surface area contributed by atoms with Crippen LogP contribution in [0.2, 0.25) is 0 Å². The summed E-state index contributed by atoms with van der Waals surface area (Å²) in [5.41, 5.74) is 3.65. The average Bonchev–Trinajstić information content (AvgIpc) is 2.52. The van der Waals surface area contributed by atoms with Crippen LogP contribution >= 0.6 is 0 Å². The second-order valence-corrected chi connectivity index (χ2v) is 5.55. The molecule has 23 heavy (non-hydrogen) atoms. The molecule has 0 radical (unpaired) electrons. The molecule has 0 amide bonds. The Kier molecular flexibility index (Phi) is 5.92. The van der Waals surface area contributed by atoms with E-state index in [0.717, 1.165) is 28.7 Å². The van der Waals surface area contributed by atoms with Gasteiger partial charge in [0.1, 0.15) is 11.5 Å². The molecule has 0 saturated carbocycles. The molecule has 4 heteroatoms. The van der Waals surface area contributed by atoms with Gasteiger partial charge in [0.05, 0.1) is 0 Å². The summed E-state index contributed by atoms with van der Waals surface area (Å²) in [4.78, 5) is 8.62. The molecule has 0 unspecified atom stereocenters. The number of aromatic hydroxyl groups is 2. The molecule has 2 rings (SSSR count). The van der Waals surface area contributed by atoms with Crippen LogP contribution in [-0.4, -0.2) is 35.7 Å². The topological polar surface area (TPSA) is 65.2 Å². The highest BCUT2D eigenvalue weighted by atomic mass is 16.3. The Labute approximate surface area is 136 Å². The van der Waals surface area contributed by atoms with Crippen LogP contribution in [0.1, 0.15) is 28.7 Å². The highest BCUT2D eigenvalue weighted by Crippen LogP contribution is 2.16. The van der Waals surface area contributed by atoms with Gasteiger partial charge in [-0.05, 0) is 44.5 Å². The predicted molar refractivity (Wildman–Crippen MR) is 95.2 cm³/mol. The molecular formula is C19H22N2O2. The molecular weight excluding hydrogens is 288 g/mol. The van der Waals surface area contributed by atoms with E-state index in [9.17, 15) is 10.2 Å². The van der Waals surface area contributed by atoms with Gasteiger partial charge in [-0.3, -0.25) is 9.98 Å². The van der Waals surface area contributed by atoms with Crippen molar-refractivity contribution in [1.82, 2.24) is 0 Å². The Hall–Kier alpha value is -2.62. The first-order chi connectivity index (χ1) is 11.1. The van der Waals surface area contributed by atoms with Crippen molar-refractivity contribution in [3.8, 4) is 11.5 Å². The summed E-state index contributed by atoms with van der Waals surface area (Å²) in [6.45, 7) is 5.24. The molecule has 0 heterocycles. The zero-order valence-corrected chi connectivity index (χ0v) is 13.5. The Morgan fingerprint density at radius 3 is 1.65 bits per heavy atom. The predicted octanol–water partition coefficient (Wildman–Crippen LogP) is 3.64. The Bertz CT molecular complexity index is 660. The third kappa shape index (κ3) is 5.25. The van der Waals surface area contributed by atoms with Gasteiger partial charge in [0.2, 0.25) is 0 Å². The van der Waals surface area contributed by atoms with Crippen LogP contribution in [0.3, 0.4) is 0 Å². The summed E-state index contributed by atoms with van der Waals surface area (Å²) in [5, 5.41) is 19.4. The number of nitrogens with zero attached hydrogens (tertiary/aromatic N) is 2. The first kappa shape index (κ1) is 16.7. The van der Waals surface area contributed by atoms with Crippen molar-refractivity contribution in [2.24, 2.45) is 9.98 Å². The fourth-order valence-electron chi connectivity index (χ4n) is 2.13. The van der Waals surface area contributed by atoms with E-state index in [1.165, 1.54) is 0 Å². The fraction of sp³-hybridized carbons (Fsp3) is 0.263. The minimum Gasteiger partial charge on any atom is -0.507 e. The van der Waals surface area contributed by atoms with Gasteiger partial charge in [0.15, 0.2) is 0 Å². The Morgan fingerprint density at radius 1 is 0.783 bits per heavy atom. The molecule has 0 fully saturated rings. The highest BCUT2D eigenvalue weighted by molar-refractivity contribution is 5.84. The molecule has 0 saturated heterocycles. The van der Waals surface area contributed by atoms with Crippen LogP contribution in [0.25, 0.3) is 0 Å². The number of hydrogen-bond donors (Lipinski definition) is 2. The van der Waals surface area contributed by atoms with Crippen LogP contribution in [0.4, 0.5) is 0 Å². The minimum absolute atomic E-state index is 0.243. The maximum absolute atomic E-state index is 9.71. The van der Waals surface area contributed by atoms with Crippen LogP contribution in [0, 0.1) is 13.8 Å². The van der Waals surface area contributed by atoms with Gasteiger partial charge in [-0.25, -0.2) is 0 Å². The van der Waals surface area contributed by atoms with E-state index >= 15 is 0 Å². The largest absolute Gasteiger partial charge is 0.507 e. The third-order valence-corrected chi connectivity index (χ3v) is 3.40. The maximum Gasteiger partial charge on any atom is 0.124 e. The molecule has 2 N–H and O–H groups in total. The zero-order valence-electron chi connectivity index (χ0n) is 13.5. The standard InChI is InChI=1S/C19H22N2O2/c1-14-4-6-18(22)16(10-14)12-20-8-3-9-21-13-17-11-15(2)5-7-19(17)23/h4-7,10-13,22-23H,3,8-9H2,1-2H3. The summed E-state index contributed by atoms with van der Waals surface area (Å²) >= 11 is 0. The summed E-state index contributed by atoms with van der Waals surface area (Å²) in [6, 6.07) is 10.9. The fourth-order valence-corrected chi connectivity index (χ4v) is 2.13. The smallest absolute Gasteiger partial charge is 0.124 e. The van der Waals surface area contributed by atoms with E-state index in [1.54, 1.807) is 24.6 Å². The molecule has 0 aliphatic rings. The third-order valence-electron chi connectivity index (χ3n) is 3.40. The molecule has 0 aliphatic heterocycles. The lowest BCUT2D eigenvalue weighted by Crippen LogP contribution is -1.91. The molecule has 0 spiro atoms. The number of hydrogen-bond acceptors (Lipinski definition) is 4. The summed E-state index contributed by atoms with van der Waals surface area (Å²) in [6.07, 6.45) is 4.20. The molecule has 120 valence electrons. The van der Waals surface area contributed by atoms with Crippen molar-refractivity contribution in [2.75, 3.05) is 13.1 Å². The van der Waals surface area contributed by atoms with E-state index in [4.69, 9.17) is 0 Å². The highest BCUT2D eigenvalue weighted by Gasteiger charge is 1.98. The molecule has 2 aromatic rings. The van der Waals surface area contributed by atoms with E-state index in [0.29, 0.717) is 13.1 Å². The molecule has 0 bridgehead atoms. The van der Waals surface area contributed by atoms with Gasteiger partial charge < -0.3 is 10.2 Å². The van der Waals surface area contributed by atoms with Crippen molar-refractivity contribution in [3.63, 3.8) is 0 Å². The van der Waals surface area contributed by atoms with Gasteiger partial charge >= 0.3 is 0 Å². The number of phenols is 2. The molecule has 4 nitrogen and oxygen atoms in total. The lowest BCUT2D eigenvalue weighted by atomic mass is 10.1. The van der Waals surface area contributed by atoms with Crippen LogP contribution in [0.5, 0.6) is 11.5 Å². The van der Waals surface area contributed by atoms with E-state index in [-0.39, 0.29) is 11.5 Å². The summed E-state index contributed by atoms with van der Waals surface area (Å²) in [7, 11) is 0. The zero-order chi connectivity index (χ0) is 16.7. The number of phenolic OH excluding ortho intramolecular Hbond substituents is 2. The Balaban J connectivity index is 1.79. The molecule has 2 aromatic carbocycles. The van der Waals surface area contributed by atoms with Crippen molar-refractivity contribution in [2.45, 2.75) is 20.3 Å². The summed E-state index contributed by atoms with van der Waals surface area (Å²) in [5.74, 6) is 0.486. The maximum atomic E-state index is 9.71. The van der Waals surface area contributed by atoms with E-state index in [2.05, 4.69) is 9.98 Å². The lowest BCUT2D eigenvalue weighted by molar-refractivity contribution is 0.474. The first-order valence-corrected chi connectivity index (χ1v) is 7.65. The van der Waals surface area contributed by atoms with E-state index < -0.39 is 0 Å². The summed E-state index contributed by atoms with van der Waals surface area (Å²) < 4.78 is 0. The number of benzene rings is 2. The number of aryl methyl sites for hydroxylation is 2. The van der Waals surface area contributed by atoms with Gasteiger partial charge in [0, 0.05) is 36.6 Å². The average molecular weight is 310 g/mol. The second-order valence-electron chi connectivity index (χ2n) is 5.55. The molecule has 0 atom stereocenters. The molecule has 0 aromatic heterocycles. The second kappa shape index (κ2) is 8.13. The van der Waals surface area contributed by atoms with E-state index in [1.807, 2.05) is 38.1 Å². The SMILES string of the molecule is Cc1ccc(O)c(C=NCCCN=Cc2cc(C)ccc2O)c1. The van der Waals surface area contributed by atoms with Gasteiger partial charge in [-0.2, -0.15) is 0 Å². The van der Waals surface area contributed by atoms with Crippen molar-refractivity contribution in [3.05, 3.63) is 58.7 Å². The van der Waals surface area contributed by atoms with Gasteiger partial charge in [0.25, 0.3) is 0 Å². The quantitative estimate of drug-likeness (QED) is 0.632. The van der Waals surface area contributed by atoms with Gasteiger partial charge in [-0.1, -0.05) is 23.3 Å². The minimum atomic E-state index is 0.243. The molecule has 0 aliphatic carbocycles. The van der Waals surface area contributed by atoms with Crippen LogP contribution in [0.15, 0.2) is 46.4 Å². The lowest BCUT2D eigenvalue weighted by Gasteiger charge is -2.00. The number of rotatable bonds is 6. The van der Waals surface area contributed by atoms with Gasteiger partial charge in [-0.15, -0.1) is 0 Å². The van der Waals surface area contributed by atoms with Crippen molar-refractivity contribution >= 4 is 12.4 Å². The van der Waals surface area contributed by atoms with Crippen molar-refractivity contribution < 1.29 is 10.2 Å². The van der Waals surface area contributed by atoms with Crippen LogP contribution < -0.4 is 0 Å². The van der Waals surface area contributed by atoms with Crippen LogP contribution in [-0.2, 0) is 0 Å². The normalized spacial score (nSPS) is 11.6. The first-order valence-electron chi connectivity index (χ1n) is 7.65. The monoisotopic (exact) mass is 310 g/mol.